The lowest BCUT2D eigenvalue weighted by Crippen LogP contribution is -2.49. The fourth-order valence-electron chi connectivity index (χ4n) is 1.66. The number of piperidine rings is 1. The molecule has 15 heavy (non-hydrogen) atoms. The van der Waals surface area contributed by atoms with Gasteiger partial charge in [-0.15, -0.1) is 0 Å². The van der Waals surface area contributed by atoms with E-state index in [0.29, 0.717) is 19.0 Å². The quantitative estimate of drug-likeness (QED) is 0.666. The van der Waals surface area contributed by atoms with Gasteiger partial charge in [0.1, 0.15) is 5.60 Å². The summed E-state index contributed by atoms with van der Waals surface area (Å²) in [5, 5.41) is 0. The number of likely N-dealkylation sites (tertiary alicyclic amines) is 1. The number of hydrogen-bond donors (Lipinski definition) is 1. The van der Waals surface area contributed by atoms with E-state index in [-0.39, 0.29) is 12.1 Å². The van der Waals surface area contributed by atoms with E-state index in [1.165, 1.54) is 0 Å². The minimum absolute atomic E-state index is 0.212. The van der Waals surface area contributed by atoms with E-state index in [1.54, 1.807) is 4.90 Å². The second-order valence-corrected chi connectivity index (χ2v) is 5.36. The van der Waals surface area contributed by atoms with E-state index in [0.717, 1.165) is 6.42 Å². The first-order chi connectivity index (χ1) is 6.79. The van der Waals surface area contributed by atoms with Crippen LogP contribution < -0.4 is 5.73 Å². The smallest absolute Gasteiger partial charge is 0.410 e. The highest BCUT2D eigenvalue weighted by Crippen LogP contribution is 2.17. The minimum atomic E-state index is -0.417. The predicted molar refractivity (Wildman–Crippen MR) is 59.6 cm³/mol. The topological polar surface area (TPSA) is 55.6 Å². The van der Waals surface area contributed by atoms with Gasteiger partial charge in [0, 0.05) is 19.1 Å². The highest BCUT2D eigenvalue weighted by molar-refractivity contribution is 5.68. The van der Waals surface area contributed by atoms with Gasteiger partial charge in [0.15, 0.2) is 0 Å². The maximum absolute atomic E-state index is 11.7. The van der Waals surface area contributed by atoms with Crippen LogP contribution in [0, 0.1) is 5.92 Å². The van der Waals surface area contributed by atoms with Crippen molar-refractivity contribution < 1.29 is 9.53 Å². The minimum Gasteiger partial charge on any atom is -0.444 e. The van der Waals surface area contributed by atoms with Crippen molar-refractivity contribution >= 4 is 6.09 Å². The molecule has 1 saturated heterocycles. The van der Waals surface area contributed by atoms with Crippen molar-refractivity contribution in [1.82, 2.24) is 4.90 Å². The third kappa shape index (κ3) is 3.70. The Bertz CT molecular complexity index is 235. The number of nitrogens with zero attached hydrogens (tertiary/aromatic N) is 1. The summed E-state index contributed by atoms with van der Waals surface area (Å²) >= 11 is 0. The van der Waals surface area contributed by atoms with Gasteiger partial charge in [-0.3, -0.25) is 0 Å². The van der Waals surface area contributed by atoms with Crippen LogP contribution in [-0.4, -0.2) is 35.7 Å². The summed E-state index contributed by atoms with van der Waals surface area (Å²) in [4.78, 5) is 13.5. The molecule has 1 fully saturated rings. The summed E-state index contributed by atoms with van der Waals surface area (Å²) in [6.45, 7) is 9.12. The zero-order chi connectivity index (χ0) is 11.6. The molecule has 2 N–H and O–H groups in total. The van der Waals surface area contributed by atoms with Crippen molar-refractivity contribution in [2.24, 2.45) is 11.7 Å². The number of carbonyl (C=O) groups excluding carboxylic acids is 1. The Morgan fingerprint density at radius 3 is 2.53 bits per heavy atom. The van der Waals surface area contributed by atoms with Gasteiger partial charge in [0.05, 0.1) is 0 Å². The van der Waals surface area contributed by atoms with Crippen LogP contribution >= 0.6 is 0 Å². The molecular formula is C11H22N2O2. The molecule has 2 atom stereocenters. The molecule has 0 unspecified atom stereocenters. The van der Waals surface area contributed by atoms with Gasteiger partial charge in [-0.2, -0.15) is 0 Å². The number of rotatable bonds is 0. The van der Waals surface area contributed by atoms with Crippen molar-refractivity contribution in [2.75, 3.05) is 13.1 Å². The average Bonchev–Trinajstić information content (AvgIpc) is 2.06. The van der Waals surface area contributed by atoms with Crippen molar-refractivity contribution in [2.45, 2.75) is 45.8 Å². The molecule has 4 nitrogen and oxygen atoms in total. The first-order valence-corrected chi connectivity index (χ1v) is 5.53. The number of carbonyl (C=O) groups is 1. The Balaban J connectivity index is 2.48. The summed E-state index contributed by atoms with van der Waals surface area (Å²) in [5.41, 5.74) is 5.47. The third-order valence-electron chi connectivity index (χ3n) is 2.62. The van der Waals surface area contributed by atoms with E-state index >= 15 is 0 Å². The van der Waals surface area contributed by atoms with E-state index < -0.39 is 5.60 Å². The van der Waals surface area contributed by atoms with Gasteiger partial charge in [-0.05, 0) is 33.1 Å². The van der Waals surface area contributed by atoms with Crippen molar-refractivity contribution in [1.29, 1.82) is 0 Å². The standard InChI is InChI=1S/C11H22N2O2/c1-8-7-13(6-5-9(8)12)10(14)15-11(2,3)4/h8-9H,5-7,12H2,1-4H3/t8-,9+/m0/s1. The Morgan fingerprint density at radius 2 is 2.07 bits per heavy atom. The molecule has 0 aromatic heterocycles. The fourth-order valence-corrected chi connectivity index (χ4v) is 1.66. The number of hydrogen-bond acceptors (Lipinski definition) is 3. The molecule has 1 aliphatic rings. The maximum Gasteiger partial charge on any atom is 0.410 e. The SMILES string of the molecule is C[C@H]1CN(C(=O)OC(C)(C)C)CC[C@H]1N. The molecule has 0 saturated carbocycles. The molecule has 0 aliphatic carbocycles. The van der Waals surface area contributed by atoms with Crippen molar-refractivity contribution in [3.05, 3.63) is 0 Å². The Labute approximate surface area is 91.8 Å². The van der Waals surface area contributed by atoms with Gasteiger partial charge in [-0.25, -0.2) is 4.79 Å². The molecule has 1 rings (SSSR count). The Hall–Kier alpha value is -0.770. The molecule has 1 aliphatic heterocycles. The zero-order valence-electron chi connectivity index (χ0n) is 10.1. The van der Waals surface area contributed by atoms with E-state index in [1.807, 2.05) is 20.8 Å². The summed E-state index contributed by atoms with van der Waals surface area (Å²) < 4.78 is 5.31. The normalized spacial score (nSPS) is 27.7. The number of amides is 1. The molecule has 4 heteroatoms. The maximum atomic E-state index is 11.7. The monoisotopic (exact) mass is 214 g/mol. The molecule has 0 aromatic carbocycles. The third-order valence-corrected chi connectivity index (χ3v) is 2.62. The summed E-state index contributed by atoms with van der Waals surface area (Å²) in [6, 6.07) is 0.212. The average molecular weight is 214 g/mol. The van der Waals surface area contributed by atoms with Crippen LogP contribution in [0.5, 0.6) is 0 Å². The number of ether oxygens (including phenoxy) is 1. The second kappa shape index (κ2) is 4.39. The number of nitrogens with two attached hydrogens (primary N) is 1. The lowest BCUT2D eigenvalue weighted by Gasteiger charge is -2.35. The molecule has 0 aromatic rings. The van der Waals surface area contributed by atoms with Crippen LogP contribution in [0.1, 0.15) is 34.1 Å². The van der Waals surface area contributed by atoms with E-state index in [4.69, 9.17) is 10.5 Å². The largest absolute Gasteiger partial charge is 0.444 e. The van der Waals surface area contributed by atoms with Gasteiger partial charge < -0.3 is 15.4 Å². The van der Waals surface area contributed by atoms with Crippen LogP contribution in [0.15, 0.2) is 0 Å². The zero-order valence-corrected chi connectivity index (χ0v) is 10.1. The van der Waals surface area contributed by atoms with Gasteiger partial charge in [0.2, 0.25) is 0 Å². The molecule has 0 radical (unpaired) electrons. The highest BCUT2D eigenvalue weighted by Gasteiger charge is 2.29. The summed E-state index contributed by atoms with van der Waals surface area (Å²) in [6.07, 6.45) is 0.640. The van der Waals surface area contributed by atoms with E-state index in [2.05, 4.69) is 6.92 Å². The molecular weight excluding hydrogens is 192 g/mol. The van der Waals surface area contributed by atoms with Crippen LogP contribution in [0.2, 0.25) is 0 Å². The summed E-state index contributed by atoms with van der Waals surface area (Å²) in [5.74, 6) is 0.353. The second-order valence-electron chi connectivity index (χ2n) is 5.36. The fraction of sp³-hybridized carbons (Fsp3) is 0.909. The van der Waals surface area contributed by atoms with Crippen LogP contribution in [0.25, 0.3) is 0 Å². The first kappa shape index (κ1) is 12.3. The molecule has 1 amide bonds. The Morgan fingerprint density at radius 1 is 1.47 bits per heavy atom. The van der Waals surface area contributed by atoms with Crippen molar-refractivity contribution in [3.63, 3.8) is 0 Å². The van der Waals surface area contributed by atoms with Gasteiger partial charge >= 0.3 is 6.09 Å². The van der Waals surface area contributed by atoms with Crippen molar-refractivity contribution in [3.8, 4) is 0 Å². The molecule has 1 heterocycles. The lowest BCUT2D eigenvalue weighted by atomic mass is 9.95. The molecule has 0 spiro atoms. The van der Waals surface area contributed by atoms with Crippen LogP contribution in [-0.2, 0) is 4.74 Å². The highest BCUT2D eigenvalue weighted by atomic mass is 16.6. The summed E-state index contributed by atoms with van der Waals surface area (Å²) in [7, 11) is 0. The molecule has 0 bridgehead atoms. The van der Waals surface area contributed by atoms with Gasteiger partial charge in [-0.1, -0.05) is 6.92 Å². The Kier molecular flexibility index (Phi) is 3.60. The first-order valence-electron chi connectivity index (χ1n) is 5.53. The molecule has 88 valence electrons. The van der Waals surface area contributed by atoms with E-state index in [9.17, 15) is 4.79 Å². The predicted octanol–water partition coefficient (Wildman–Crippen LogP) is 1.59. The van der Waals surface area contributed by atoms with Crippen LogP contribution in [0.3, 0.4) is 0 Å². The van der Waals surface area contributed by atoms with Gasteiger partial charge in [0.25, 0.3) is 0 Å². The van der Waals surface area contributed by atoms with Crippen LogP contribution in [0.4, 0.5) is 4.79 Å². The lowest BCUT2D eigenvalue weighted by molar-refractivity contribution is 0.0158.